The zero-order chi connectivity index (χ0) is 16.0. The zero-order valence-corrected chi connectivity index (χ0v) is 12.7. The Morgan fingerprint density at radius 3 is 2.71 bits per heavy atom. The van der Waals surface area contributed by atoms with E-state index >= 15 is 0 Å². The van der Waals surface area contributed by atoms with Crippen molar-refractivity contribution in [1.29, 1.82) is 0 Å². The van der Waals surface area contributed by atoms with Gasteiger partial charge in [0.1, 0.15) is 12.6 Å². The van der Waals surface area contributed by atoms with Crippen molar-refractivity contribution < 1.29 is 25.1 Å². The van der Waals surface area contributed by atoms with E-state index in [2.05, 4.69) is 5.32 Å². The van der Waals surface area contributed by atoms with Gasteiger partial charge >= 0.3 is 0 Å². The summed E-state index contributed by atoms with van der Waals surface area (Å²) >= 11 is 5.85. The van der Waals surface area contributed by atoms with Crippen molar-refractivity contribution in [2.75, 3.05) is 11.9 Å². The summed E-state index contributed by atoms with van der Waals surface area (Å²) in [7, 11) is 0. The monoisotopic (exact) mass is 314 g/mol. The van der Waals surface area contributed by atoms with Crippen LogP contribution in [0.1, 0.15) is 18.9 Å². The average molecular weight is 315 g/mol. The molecule has 0 bridgehead atoms. The zero-order valence-electron chi connectivity index (χ0n) is 11.9. The lowest BCUT2D eigenvalue weighted by Crippen LogP contribution is -2.94. The number of hydrogen-bond donors (Lipinski definition) is 3. The summed E-state index contributed by atoms with van der Waals surface area (Å²) in [4.78, 5) is 22.9. The van der Waals surface area contributed by atoms with Gasteiger partial charge in [-0.15, -0.1) is 0 Å². The molecule has 4 N–H and O–H groups in total. The van der Waals surface area contributed by atoms with E-state index in [9.17, 15) is 14.7 Å². The largest absolute Gasteiger partial charge is 0.544 e. The Kier molecular flexibility index (Phi) is 6.61. The fourth-order valence-electron chi connectivity index (χ4n) is 1.75. The van der Waals surface area contributed by atoms with E-state index in [0.29, 0.717) is 10.7 Å². The molecular weight excluding hydrogens is 296 g/mol. The molecule has 7 heteroatoms. The molecule has 0 fully saturated rings. The molecule has 6 nitrogen and oxygen atoms in total. The molecule has 1 aromatic rings. The molecule has 0 saturated heterocycles. The Labute approximate surface area is 128 Å². The van der Waals surface area contributed by atoms with Crippen LogP contribution in [0.2, 0.25) is 5.02 Å². The normalized spacial score (nSPS) is 13.5. The van der Waals surface area contributed by atoms with Crippen LogP contribution in [0.3, 0.4) is 0 Å². The van der Waals surface area contributed by atoms with Crippen molar-refractivity contribution in [2.24, 2.45) is 0 Å². The molecule has 0 radical (unpaired) electrons. The van der Waals surface area contributed by atoms with Crippen LogP contribution in [-0.2, 0) is 9.59 Å². The van der Waals surface area contributed by atoms with Gasteiger partial charge in [0, 0.05) is 10.7 Å². The number of carboxylic acids is 1. The highest BCUT2D eigenvalue weighted by atomic mass is 35.5. The molecule has 1 aromatic carbocycles. The topological polar surface area (TPSA) is 106 Å². The standard InChI is InChI=1S/C14H19ClN2O4/c1-8-3-4-10(15)5-11(8)17-13(19)6-12(14(20)21)16-7-9(2)18/h3-5,9,12,16,18H,6-7H2,1-2H3,(H,17,19)(H,20,21)/t9-,12-/m1/s1. The van der Waals surface area contributed by atoms with Gasteiger partial charge in [-0.3, -0.25) is 4.79 Å². The second kappa shape index (κ2) is 7.97. The van der Waals surface area contributed by atoms with Crippen LogP contribution >= 0.6 is 11.6 Å². The summed E-state index contributed by atoms with van der Waals surface area (Å²) in [6.07, 6.45) is -0.911. The third-order valence-corrected chi connectivity index (χ3v) is 3.18. The molecule has 0 spiro atoms. The smallest absolute Gasteiger partial charge is 0.230 e. The summed E-state index contributed by atoms with van der Waals surface area (Å²) in [5.74, 6) is -1.79. The minimum absolute atomic E-state index is 0.183. The number of carboxylic acid groups (broad SMARTS) is 1. The number of anilines is 1. The highest BCUT2D eigenvalue weighted by Gasteiger charge is 2.19. The predicted molar refractivity (Wildman–Crippen MR) is 76.7 cm³/mol. The van der Waals surface area contributed by atoms with Crippen LogP contribution < -0.4 is 15.7 Å². The Morgan fingerprint density at radius 1 is 1.48 bits per heavy atom. The van der Waals surface area contributed by atoms with Crippen LogP contribution in [0.5, 0.6) is 0 Å². The maximum Gasteiger partial charge on any atom is 0.230 e. The first kappa shape index (κ1) is 17.4. The van der Waals surface area contributed by atoms with E-state index in [-0.39, 0.29) is 13.0 Å². The van der Waals surface area contributed by atoms with E-state index < -0.39 is 24.0 Å². The lowest BCUT2D eigenvalue weighted by atomic mass is 10.1. The second-order valence-corrected chi connectivity index (χ2v) is 5.39. The number of carbonyl (C=O) groups is 2. The van der Waals surface area contributed by atoms with Crippen LogP contribution in [0.4, 0.5) is 5.69 Å². The third kappa shape index (κ3) is 6.12. The van der Waals surface area contributed by atoms with E-state index in [0.717, 1.165) is 5.56 Å². The minimum atomic E-state index is -1.34. The highest BCUT2D eigenvalue weighted by Crippen LogP contribution is 2.20. The quantitative estimate of drug-likeness (QED) is 0.602. The van der Waals surface area contributed by atoms with Crippen LogP contribution in [-0.4, -0.2) is 35.7 Å². The number of nitrogens with one attached hydrogen (secondary N) is 1. The molecule has 116 valence electrons. The summed E-state index contributed by atoms with van der Waals surface area (Å²) < 4.78 is 0. The fourth-order valence-corrected chi connectivity index (χ4v) is 1.93. The van der Waals surface area contributed by atoms with Gasteiger partial charge in [0.05, 0.1) is 18.5 Å². The van der Waals surface area contributed by atoms with Crippen molar-refractivity contribution >= 4 is 29.2 Å². The Morgan fingerprint density at radius 2 is 2.14 bits per heavy atom. The number of nitrogens with two attached hydrogens (primary N) is 1. The van der Waals surface area contributed by atoms with Crippen LogP contribution in [0, 0.1) is 6.92 Å². The summed E-state index contributed by atoms with van der Waals surface area (Å²) in [6, 6.07) is 4.02. The van der Waals surface area contributed by atoms with Gasteiger partial charge in [0.2, 0.25) is 5.91 Å². The van der Waals surface area contributed by atoms with Gasteiger partial charge < -0.3 is 25.6 Å². The van der Waals surface area contributed by atoms with Gasteiger partial charge in [-0.25, -0.2) is 0 Å². The Bertz CT molecular complexity index is 520. The molecule has 1 amide bonds. The molecule has 0 saturated carbocycles. The number of rotatable bonds is 7. The van der Waals surface area contributed by atoms with Crippen molar-refractivity contribution in [1.82, 2.24) is 0 Å². The average Bonchev–Trinajstić information content (AvgIpc) is 2.38. The molecule has 0 aliphatic carbocycles. The molecule has 2 atom stereocenters. The molecule has 0 aliphatic heterocycles. The van der Waals surface area contributed by atoms with Gasteiger partial charge in [-0.1, -0.05) is 17.7 Å². The van der Waals surface area contributed by atoms with E-state index in [1.165, 1.54) is 12.2 Å². The number of hydrogen-bond acceptors (Lipinski definition) is 4. The Hall–Kier alpha value is -1.63. The third-order valence-electron chi connectivity index (χ3n) is 2.94. The van der Waals surface area contributed by atoms with Gasteiger partial charge in [-0.2, -0.15) is 0 Å². The number of aliphatic carboxylic acids is 1. The summed E-state index contributed by atoms with van der Waals surface area (Å²) in [5.41, 5.74) is 1.37. The van der Waals surface area contributed by atoms with Crippen molar-refractivity contribution in [3.05, 3.63) is 28.8 Å². The van der Waals surface area contributed by atoms with E-state index in [1.807, 2.05) is 6.92 Å². The number of aryl methyl sites for hydroxylation is 1. The molecular formula is C14H19ClN2O4. The first-order valence-electron chi connectivity index (χ1n) is 6.58. The van der Waals surface area contributed by atoms with Crippen molar-refractivity contribution in [3.63, 3.8) is 0 Å². The van der Waals surface area contributed by atoms with Gasteiger partial charge in [-0.05, 0) is 31.5 Å². The molecule has 0 aromatic heterocycles. The lowest BCUT2D eigenvalue weighted by Gasteiger charge is -2.17. The Balaban J connectivity index is 2.65. The van der Waals surface area contributed by atoms with Crippen LogP contribution in [0.25, 0.3) is 0 Å². The molecule has 21 heavy (non-hydrogen) atoms. The SMILES string of the molecule is Cc1ccc(Cl)cc1NC(=O)C[C@@H]([NH2+]C[C@@H](C)O)C(=O)[O-]. The number of aliphatic hydroxyl groups is 1. The summed E-state index contributed by atoms with van der Waals surface area (Å²) in [6.45, 7) is 3.53. The second-order valence-electron chi connectivity index (χ2n) is 4.96. The van der Waals surface area contributed by atoms with Gasteiger partial charge in [0.15, 0.2) is 0 Å². The maximum absolute atomic E-state index is 11.9. The molecule has 0 heterocycles. The first-order valence-corrected chi connectivity index (χ1v) is 6.95. The number of aliphatic hydroxyl groups excluding tert-OH is 1. The van der Waals surface area contributed by atoms with Crippen molar-refractivity contribution in [2.45, 2.75) is 32.4 Å². The highest BCUT2D eigenvalue weighted by molar-refractivity contribution is 6.31. The predicted octanol–water partition coefficient (Wildman–Crippen LogP) is -0.960. The molecule has 1 rings (SSSR count). The summed E-state index contributed by atoms with van der Waals surface area (Å²) in [5, 5.41) is 24.6. The number of halogens is 1. The number of carbonyl (C=O) groups excluding carboxylic acids is 2. The van der Waals surface area contributed by atoms with Crippen molar-refractivity contribution in [3.8, 4) is 0 Å². The van der Waals surface area contributed by atoms with E-state index in [4.69, 9.17) is 16.7 Å². The lowest BCUT2D eigenvalue weighted by molar-refractivity contribution is -0.687. The van der Waals surface area contributed by atoms with E-state index in [1.54, 1.807) is 18.2 Å². The number of benzene rings is 1. The minimum Gasteiger partial charge on any atom is -0.544 e. The molecule has 0 aliphatic rings. The maximum atomic E-state index is 11.9. The number of quaternary nitrogens is 1. The fraction of sp³-hybridized carbons (Fsp3) is 0.429. The number of amides is 1. The van der Waals surface area contributed by atoms with Gasteiger partial charge in [0.25, 0.3) is 0 Å². The van der Waals surface area contributed by atoms with Crippen LogP contribution in [0.15, 0.2) is 18.2 Å². The molecule has 0 unspecified atom stereocenters. The first-order chi connectivity index (χ1) is 9.79.